The van der Waals surface area contributed by atoms with Crippen LogP contribution in [0.25, 0.3) is 0 Å². The molecule has 4 aliphatic rings. The number of carbonyl (C=O) groups is 1. The van der Waals surface area contributed by atoms with Crippen LogP contribution in [-0.4, -0.2) is 22.3 Å². The van der Waals surface area contributed by atoms with Crippen LogP contribution in [0.4, 0.5) is 0 Å². The maximum absolute atomic E-state index is 11.0. The van der Waals surface area contributed by atoms with Gasteiger partial charge in [-0.3, -0.25) is 4.79 Å². The lowest BCUT2D eigenvalue weighted by molar-refractivity contribution is -0.137. The molecular weight excluding hydrogens is 336 g/mol. The lowest BCUT2D eigenvalue weighted by Gasteiger charge is -2.58. The van der Waals surface area contributed by atoms with Gasteiger partial charge in [-0.1, -0.05) is 32.4 Å². The van der Waals surface area contributed by atoms with E-state index in [9.17, 15) is 9.90 Å². The fraction of sp³-hybridized carbons (Fsp3) is 0.875. The van der Waals surface area contributed by atoms with Crippen molar-refractivity contribution >= 4 is 5.97 Å². The van der Waals surface area contributed by atoms with Crippen molar-refractivity contribution in [1.82, 2.24) is 0 Å². The molecule has 0 bridgehead atoms. The van der Waals surface area contributed by atoms with Gasteiger partial charge < -0.3 is 10.2 Å². The van der Waals surface area contributed by atoms with E-state index in [0.717, 1.165) is 43.4 Å². The SMILES string of the molecule is C[C@H](CCC(=O)O)[C@H]1CC[C@@H]2[C@@H]3CC=C4C[C@@H](O)CC[C@]4(C)[C@H]3CC[C@@]21C. The molecule has 4 rings (SSSR count). The van der Waals surface area contributed by atoms with Crippen LogP contribution in [0, 0.1) is 40.4 Å². The Bertz CT molecular complexity index is 625. The molecule has 0 heterocycles. The van der Waals surface area contributed by atoms with E-state index in [-0.39, 0.29) is 6.10 Å². The number of carboxylic acids is 1. The Morgan fingerprint density at radius 2 is 1.96 bits per heavy atom. The summed E-state index contributed by atoms with van der Waals surface area (Å²) in [4.78, 5) is 11.0. The van der Waals surface area contributed by atoms with Crippen molar-refractivity contribution in [3.05, 3.63) is 11.6 Å². The zero-order valence-electron chi connectivity index (χ0n) is 17.4. The van der Waals surface area contributed by atoms with E-state index in [1.165, 1.54) is 32.1 Å². The van der Waals surface area contributed by atoms with Gasteiger partial charge in [0.05, 0.1) is 6.10 Å². The fourth-order valence-electron chi connectivity index (χ4n) is 8.17. The summed E-state index contributed by atoms with van der Waals surface area (Å²) in [7, 11) is 0. The zero-order chi connectivity index (χ0) is 19.4. The number of hydrogen-bond acceptors (Lipinski definition) is 2. The molecule has 8 atom stereocenters. The first-order valence-corrected chi connectivity index (χ1v) is 11.3. The first-order chi connectivity index (χ1) is 12.8. The molecule has 0 radical (unpaired) electrons. The summed E-state index contributed by atoms with van der Waals surface area (Å²) in [6.07, 6.45) is 13.0. The largest absolute Gasteiger partial charge is 0.481 e. The summed E-state index contributed by atoms with van der Waals surface area (Å²) in [6, 6.07) is 0. The molecule has 2 N–H and O–H groups in total. The predicted molar refractivity (Wildman–Crippen MR) is 107 cm³/mol. The third kappa shape index (κ3) is 3.09. The number of aliphatic hydroxyl groups excluding tert-OH is 1. The lowest BCUT2D eigenvalue weighted by atomic mass is 9.47. The maximum Gasteiger partial charge on any atom is 0.303 e. The van der Waals surface area contributed by atoms with Gasteiger partial charge in [0.15, 0.2) is 0 Å². The molecule has 0 aromatic rings. The van der Waals surface area contributed by atoms with Crippen molar-refractivity contribution in [2.45, 2.75) is 91.1 Å². The highest BCUT2D eigenvalue weighted by atomic mass is 16.4. The Hall–Kier alpha value is -0.830. The van der Waals surface area contributed by atoms with Gasteiger partial charge in [0.2, 0.25) is 0 Å². The Labute approximate surface area is 164 Å². The van der Waals surface area contributed by atoms with E-state index >= 15 is 0 Å². The highest BCUT2D eigenvalue weighted by molar-refractivity contribution is 5.66. The van der Waals surface area contributed by atoms with Crippen molar-refractivity contribution in [2.24, 2.45) is 40.4 Å². The van der Waals surface area contributed by atoms with E-state index in [1.807, 2.05) is 0 Å². The number of fused-ring (bicyclic) bond motifs is 5. The number of rotatable bonds is 4. The van der Waals surface area contributed by atoms with E-state index in [1.54, 1.807) is 5.57 Å². The molecule has 3 heteroatoms. The summed E-state index contributed by atoms with van der Waals surface area (Å²) in [5, 5.41) is 19.2. The lowest BCUT2D eigenvalue weighted by Crippen LogP contribution is -2.50. The molecule has 4 aliphatic carbocycles. The van der Waals surface area contributed by atoms with Gasteiger partial charge >= 0.3 is 5.97 Å². The minimum atomic E-state index is -0.650. The van der Waals surface area contributed by atoms with Crippen LogP contribution in [0.5, 0.6) is 0 Å². The average Bonchev–Trinajstić information content (AvgIpc) is 2.97. The molecule has 0 amide bonds. The molecule has 0 aromatic carbocycles. The van der Waals surface area contributed by atoms with Crippen LogP contribution in [0.15, 0.2) is 11.6 Å². The highest BCUT2D eigenvalue weighted by Crippen LogP contribution is 2.67. The Morgan fingerprint density at radius 1 is 1.19 bits per heavy atom. The first-order valence-electron chi connectivity index (χ1n) is 11.3. The second kappa shape index (κ2) is 6.90. The summed E-state index contributed by atoms with van der Waals surface area (Å²) in [5.41, 5.74) is 2.27. The van der Waals surface area contributed by atoms with Crippen LogP contribution in [-0.2, 0) is 4.79 Å². The van der Waals surface area contributed by atoms with E-state index in [0.29, 0.717) is 29.1 Å². The van der Waals surface area contributed by atoms with Crippen molar-refractivity contribution in [3.8, 4) is 0 Å². The predicted octanol–water partition coefficient (Wildman–Crippen LogP) is 5.43. The summed E-state index contributed by atoms with van der Waals surface area (Å²) >= 11 is 0. The van der Waals surface area contributed by atoms with E-state index in [4.69, 9.17) is 5.11 Å². The molecule has 27 heavy (non-hydrogen) atoms. The second-order valence-electron chi connectivity index (χ2n) is 10.8. The van der Waals surface area contributed by atoms with Gasteiger partial charge in [0.1, 0.15) is 0 Å². The maximum atomic E-state index is 11.0. The number of allylic oxidation sites excluding steroid dienone is 1. The second-order valence-corrected chi connectivity index (χ2v) is 10.8. The van der Waals surface area contributed by atoms with Gasteiger partial charge in [-0.15, -0.1) is 0 Å². The van der Waals surface area contributed by atoms with Crippen LogP contribution < -0.4 is 0 Å². The number of aliphatic hydroxyl groups is 1. The Kier molecular flexibility index (Phi) is 4.98. The van der Waals surface area contributed by atoms with Crippen molar-refractivity contribution < 1.29 is 15.0 Å². The molecule has 3 saturated carbocycles. The Balaban J connectivity index is 1.54. The van der Waals surface area contributed by atoms with E-state index < -0.39 is 5.97 Å². The molecule has 0 saturated heterocycles. The fourth-order valence-corrected chi connectivity index (χ4v) is 8.17. The van der Waals surface area contributed by atoms with Gasteiger partial charge in [0, 0.05) is 6.42 Å². The minimum Gasteiger partial charge on any atom is -0.481 e. The minimum absolute atomic E-state index is 0.124. The van der Waals surface area contributed by atoms with Crippen LogP contribution in [0.1, 0.15) is 85.0 Å². The number of carboxylic acid groups (broad SMARTS) is 1. The van der Waals surface area contributed by atoms with Crippen LogP contribution in [0.2, 0.25) is 0 Å². The molecule has 152 valence electrons. The summed E-state index contributed by atoms with van der Waals surface area (Å²) in [6.45, 7) is 7.33. The van der Waals surface area contributed by atoms with Crippen molar-refractivity contribution in [3.63, 3.8) is 0 Å². The van der Waals surface area contributed by atoms with Crippen molar-refractivity contribution in [1.29, 1.82) is 0 Å². The standard InChI is InChI=1S/C24H38O3/c1-15(4-9-22(26)27)19-7-8-20-18-6-5-16-14-17(25)10-12-23(16,2)21(18)11-13-24(19,20)3/h5,15,17-21,25H,4,6-14H2,1-3H3,(H,26,27)/t15-,17+,18+,19-,20-,21+,23+,24-/m1/s1. The summed E-state index contributed by atoms with van der Waals surface area (Å²) in [5.74, 6) is 2.94. The van der Waals surface area contributed by atoms with Crippen LogP contribution in [0.3, 0.4) is 0 Å². The molecule has 0 unspecified atom stereocenters. The molecule has 0 spiro atoms. The summed E-state index contributed by atoms with van der Waals surface area (Å²) < 4.78 is 0. The molecule has 0 aromatic heterocycles. The highest BCUT2D eigenvalue weighted by Gasteiger charge is 2.59. The van der Waals surface area contributed by atoms with Crippen molar-refractivity contribution in [2.75, 3.05) is 0 Å². The van der Waals surface area contributed by atoms with Gasteiger partial charge in [-0.25, -0.2) is 0 Å². The third-order valence-electron chi connectivity index (χ3n) is 9.65. The first kappa shape index (κ1) is 19.5. The molecule has 0 aliphatic heterocycles. The van der Waals surface area contributed by atoms with Crippen LogP contribution >= 0.6 is 0 Å². The van der Waals surface area contributed by atoms with Gasteiger partial charge in [-0.05, 0) is 98.2 Å². The third-order valence-corrected chi connectivity index (χ3v) is 9.65. The van der Waals surface area contributed by atoms with Gasteiger partial charge in [0.25, 0.3) is 0 Å². The monoisotopic (exact) mass is 374 g/mol. The average molecular weight is 375 g/mol. The molecular formula is C24H38O3. The normalized spacial score (nSPS) is 47.4. The number of hydrogen-bond donors (Lipinski definition) is 2. The van der Waals surface area contributed by atoms with E-state index in [2.05, 4.69) is 26.8 Å². The van der Waals surface area contributed by atoms with Gasteiger partial charge in [-0.2, -0.15) is 0 Å². The molecule has 3 nitrogen and oxygen atoms in total. The molecule has 3 fully saturated rings. The zero-order valence-corrected chi connectivity index (χ0v) is 17.4. The Morgan fingerprint density at radius 3 is 2.70 bits per heavy atom. The smallest absolute Gasteiger partial charge is 0.303 e. The quantitative estimate of drug-likeness (QED) is 0.645. The topological polar surface area (TPSA) is 57.5 Å². The number of aliphatic carboxylic acids is 1.